The second kappa shape index (κ2) is 8.70. The van der Waals surface area contributed by atoms with Gasteiger partial charge in [-0.1, -0.05) is 48.5 Å². The van der Waals surface area contributed by atoms with Crippen LogP contribution in [0.4, 0.5) is 5.69 Å². The minimum absolute atomic E-state index is 0.0878. The van der Waals surface area contributed by atoms with E-state index in [1.54, 1.807) is 0 Å². The summed E-state index contributed by atoms with van der Waals surface area (Å²) in [5.74, 6) is 0.0878. The van der Waals surface area contributed by atoms with E-state index in [2.05, 4.69) is 0 Å². The Hall–Kier alpha value is -1.85. The van der Waals surface area contributed by atoms with Gasteiger partial charge in [-0.2, -0.15) is 0 Å². The topological polar surface area (TPSA) is 46.6 Å². The molecule has 5 heteroatoms. The van der Waals surface area contributed by atoms with Crippen molar-refractivity contribution in [2.24, 2.45) is 0 Å². The van der Waals surface area contributed by atoms with Crippen LogP contribution in [-0.2, 0) is 21.4 Å². The molecule has 0 spiro atoms. The molecule has 2 rings (SSSR count). The highest BCUT2D eigenvalue weighted by atomic mass is 32.2. The lowest BCUT2D eigenvalue weighted by Gasteiger charge is -2.22. The van der Waals surface area contributed by atoms with Gasteiger partial charge in [0, 0.05) is 13.2 Å². The Labute approximate surface area is 138 Å². The first-order valence-corrected chi connectivity index (χ1v) is 9.41. The molecule has 0 fully saturated rings. The fourth-order valence-electron chi connectivity index (χ4n) is 2.35. The van der Waals surface area contributed by atoms with Crippen molar-refractivity contribution in [3.05, 3.63) is 66.2 Å². The van der Waals surface area contributed by atoms with Gasteiger partial charge in [0.2, 0.25) is 10.0 Å². The molecular formula is C18H23NO3S. The summed E-state index contributed by atoms with van der Waals surface area (Å²) in [4.78, 5) is 0. The molecular weight excluding hydrogens is 310 g/mol. The smallest absolute Gasteiger partial charge is 0.235 e. The maximum atomic E-state index is 12.5. The second-order valence-corrected chi connectivity index (χ2v) is 7.22. The van der Waals surface area contributed by atoms with Gasteiger partial charge in [-0.3, -0.25) is 4.31 Å². The second-order valence-electron chi connectivity index (χ2n) is 5.21. The van der Waals surface area contributed by atoms with Crippen molar-refractivity contribution in [2.45, 2.75) is 20.0 Å². The molecule has 0 N–H and O–H groups in total. The summed E-state index contributed by atoms with van der Waals surface area (Å²) in [6, 6.07) is 19.0. The predicted octanol–water partition coefficient (Wildman–Crippen LogP) is 3.45. The standard InChI is InChI=1S/C18H23NO3S/c1-2-19(18-12-7-4-8-13-18)23(20,21)15-9-14-22-16-17-10-5-3-6-11-17/h3-8,10-13H,2,9,14-16H2,1H3. The van der Waals surface area contributed by atoms with Crippen LogP contribution in [0, 0.1) is 0 Å². The third-order valence-electron chi connectivity index (χ3n) is 3.47. The highest BCUT2D eigenvalue weighted by Crippen LogP contribution is 2.17. The molecule has 0 aliphatic heterocycles. The van der Waals surface area contributed by atoms with E-state index in [0.717, 1.165) is 5.56 Å². The summed E-state index contributed by atoms with van der Waals surface area (Å²) < 4.78 is 31.9. The number of hydrogen-bond donors (Lipinski definition) is 0. The van der Waals surface area contributed by atoms with Crippen molar-refractivity contribution < 1.29 is 13.2 Å². The van der Waals surface area contributed by atoms with Gasteiger partial charge in [-0.15, -0.1) is 0 Å². The number of hydrogen-bond acceptors (Lipinski definition) is 3. The highest BCUT2D eigenvalue weighted by molar-refractivity contribution is 7.92. The number of nitrogens with zero attached hydrogens (tertiary/aromatic N) is 1. The molecule has 0 aliphatic rings. The van der Waals surface area contributed by atoms with E-state index in [4.69, 9.17) is 4.74 Å². The van der Waals surface area contributed by atoms with Gasteiger partial charge >= 0.3 is 0 Å². The third kappa shape index (κ3) is 5.37. The SMILES string of the molecule is CCN(c1ccccc1)S(=O)(=O)CCCOCc1ccccc1. The van der Waals surface area contributed by atoms with Crippen LogP contribution in [0.5, 0.6) is 0 Å². The van der Waals surface area contributed by atoms with Gasteiger partial charge in [-0.05, 0) is 31.0 Å². The summed E-state index contributed by atoms with van der Waals surface area (Å²) in [6.45, 7) is 3.21. The van der Waals surface area contributed by atoms with Crippen molar-refractivity contribution in [1.82, 2.24) is 0 Å². The van der Waals surface area contributed by atoms with Gasteiger partial charge in [0.25, 0.3) is 0 Å². The molecule has 2 aromatic carbocycles. The molecule has 0 radical (unpaired) electrons. The predicted molar refractivity (Wildman–Crippen MR) is 94.0 cm³/mol. The number of benzene rings is 2. The van der Waals surface area contributed by atoms with Gasteiger partial charge < -0.3 is 4.74 Å². The number of rotatable bonds is 9. The fraction of sp³-hybridized carbons (Fsp3) is 0.333. The maximum absolute atomic E-state index is 12.5. The van der Waals surface area contributed by atoms with Crippen molar-refractivity contribution in [2.75, 3.05) is 23.2 Å². The quantitative estimate of drug-likeness (QED) is 0.660. The van der Waals surface area contributed by atoms with Crippen molar-refractivity contribution in [3.8, 4) is 0 Å². The third-order valence-corrected chi connectivity index (χ3v) is 5.41. The minimum atomic E-state index is -3.32. The highest BCUT2D eigenvalue weighted by Gasteiger charge is 2.20. The molecule has 0 unspecified atom stereocenters. The van der Waals surface area contributed by atoms with E-state index in [1.807, 2.05) is 67.6 Å². The normalized spacial score (nSPS) is 11.3. The molecule has 0 bridgehead atoms. The van der Waals surface area contributed by atoms with E-state index in [0.29, 0.717) is 31.9 Å². The van der Waals surface area contributed by atoms with Crippen LogP contribution in [0.25, 0.3) is 0 Å². The lowest BCUT2D eigenvalue weighted by atomic mass is 10.2. The molecule has 2 aromatic rings. The molecule has 0 saturated carbocycles. The van der Waals surface area contributed by atoms with Crippen LogP contribution >= 0.6 is 0 Å². The van der Waals surface area contributed by atoms with Crippen LogP contribution in [-0.4, -0.2) is 27.3 Å². The largest absolute Gasteiger partial charge is 0.377 e. The Morgan fingerprint density at radius 2 is 1.57 bits per heavy atom. The first kappa shape index (κ1) is 17.5. The molecule has 0 amide bonds. The van der Waals surface area contributed by atoms with E-state index < -0.39 is 10.0 Å². The average molecular weight is 333 g/mol. The summed E-state index contributed by atoms with van der Waals surface area (Å²) in [7, 11) is -3.32. The molecule has 23 heavy (non-hydrogen) atoms. The molecule has 0 heterocycles. The van der Waals surface area contributed by atoms with Crippen molar-refractivity contribution in [3.63, 3.8) is 0 Å². The average Bonchev–Trinajstić information content (AvgIpc) is 2.57. The Morgan fingerprint density at radius 1 is 0.957 bits per heavy atom. The maximum Gasteiger partial charge on any atom is 0.235 e. The lowest BCUT2D eigenvalue weighted by Crippen LogP contribution is -2.33. The minimum Gasteiger partial charge on any atom is -0.377 e. The summed E-state index contributed by atoms with van der Waals surface area (Å²) in [5, 5.41) is 0. The first-order chi connectivity index (χ1) is 11.1. The van der Waals surface area contributed by atoms with E-state index >= 15 is 0 Å². The van der Waals surface area contributed by atoms with Crippen LogP contribution in [0.2, 0.25) is 0 Å². The van der Waals surface area contributed by atoms with Crippen LogP contribution in [0.15, 0.2) is 60.7 Å². The monoisotopic (exact) mass is 333 g/mol. The number of anilines is 1. The summed E-state index contributed by atoms with van der Waals surface area (Å²) in [6.07, 6.45) is 0.485. The molecule has 4 nitrogen and oxygen atoms in total. The Bertz CT molecular complexity index is 672. The van der Waals surface area contributed by atoms with Gasteiger partial charge in [0.05, 0.1) is 18.0 Å². The lowest BCUT2D eigenvalue weighted by molar-refractivity contribution is 0.122. The van der Waals surface area contributed by atoms with Gasteiger partial charge in [0.15, 0.2) is 0 Å². The van der Waals surface area contributed by atoms with Crippen LogP contribution in [0.3, 0.4) is 0 Å². The zero-order chi connectivity index (χ0) is 16.5. The Kier molecular flexibility index (Phi) is 6.62. The van der Waals surface area contributed by atoms with E-state index in [1.165, 1.54) is 4.31 Å². The van der Waals surface area contributed by atoms with Gasteiger partial charge in [0.1, 0.15) is 0 Å². The Morgan fingerprint density at radius 3 is 2.17 bits per heavy atom. The van der Waals surface area contributed by atoms with Crippen molar-refractivity contribution in [1.29, 1.82) is 0 Å². The van der Waals surface area contributed by atoms with Crippen molar-refractivity contribution >= 4 is 15.7 Å². The number of ether oxygens (including phenoxy) is 1. The molecule has 0 aliphatic carbocycles. The summed E-state index contributed by atoms with van der Waals surface area (Å²) >= 11 is 0. The molecule has 0 aromatic heterocycles. The Balaban J connectivity index is 1.81. The van der Waals surface area contributed by atoms with Crippen LogP contribution < -0.4 is 4.31 Å². The zero-order valence-electron chi connectivity index (χ0n) is 13.4. The molecule has 124 valence electrons. The molecule has 0 saturated heterocycles. The first-order valence-electron chi connectivity index (χ1n) is 7.80. The van der Waals surface area contributed by atoms with Gasteiger partial charge in [-0.25, -0.2) is 8.42 Å². The van der Waals surface area contributed by atoms with E-state index in [-0.39, 0.29) is 5.75 Å². The fourth-order valence-corrected chi connectivity index (χ4v) is 3.89. The van der Waals surface area contributed by atoms with E-state index in [9.17, 15) is 8.42 Å². The van der Waals surface area contributed by atoms with Crippen LogP contribution in [0.1, 0.15) is 18.9 Å². The number of sulfonamides is 1. The summed E-state index contributed by atoms with van der Waals surface area (Å²) in [5.41, 5.74) is 1.80. The zero-order valence-corrected chi connectivity index (χ0v) is 14.2. The number of para-hydroxylation sites is 1. The molecule has 0 atom stereocenters.